The molecular formula is C26H19Cl2F3NNaO5. The zero-order valence-corrected chi connectivity index (χ0v) is 23.5. The molecule has 0 spiro atoms. The second-order valence-corrected chi connectivity index (χ2v) is 9.11. The van der Waals surface area contributed by atoms with E-state index >= 15 is 0 Å². The molecule has 0 aromatic heterocycles. The van der Waals surface area contributed by atoms with Gasteiger partial charge in [-0.05, 0) is 48.4 Å². The van der Waals surface area contributed by atoms with Crippen molar-refractivity contribution in [1.29, 1.82) is 0 Å². The Morgan fingerprint density at radius 3 is 2.50 bits per heavy atom. The number of rotatable bonds is 7. The van der Waals surface area contributed by atoms with Crippen LogP contribution in [0.15, 0.2) is 60.7 Å². The predicted octanol–water partition coefficient (Wildman–Crippen LogP) is 1.80. The number of ether oxygens (including phenoxy) is 2. The van der Waals surface area contributed by atoms with E-state index in [9.17, 15) is 27.9 Å². The van der Waals surface area contributed by atoms with Gasteiger partial charge in [0.2, 0.25) is 0 Å². The molecule has 0 radical (unpaired) electrons. The predicted molar refractivity (Wildman–Crippen MR) is 128 cm³/mol. The van der Waals surface area contributed by atoms with Gasteiger partial charge in [-0.2, -0.15) is 13.2 Å². The normalized spacial score (nSPS) is 16.4. The van der Waals surface area contributed by atoms with E-state index in [1.54, 1.807) is 24.3 Å². The molecule has 1 aliphatic rings. The van der Waals surface area contributed by atoms with Crippen molar-refractivity contribution in [3.05, 3.63) is 93.0 Å². The molecule has 0 saturated heterocycles. The zero-order valence-electron chi connectivity index (χ0n) is 20.0. The maximum absolute atomic E-state index is 13.3. The first kappa shape index (κ1) is 30.1. The van der Waals surface area contributed by atoms with Gasteiger partial charge in [0.15, 0.2) is 5.60 Å². The summed E-state index contributed by atoms with van der Waals surface area (Å²) in [7, 11) is 0. The van der Waals surface area contributed by atoms with Crippen molar-refractivity contribution in [3.63, 3.8) is 0 Å². The van der Waals surface area contributed by atoms with Crippen molar-refractivity contribution in [3.8, 4) is 11.5 Å². The van der Waals surface area contributed by atoms with Gasteiger partial charge in [0.05, 0.1) is 23.2 Å². The molecule has 12 heteroatoms. The standard InChI is InChI=1S/C26H20Cl2F3NO5.Na/c27-17-7-5-15(19(14-17)26(29,30)31)9-11-32-23(33)16-6-8-22(20(28)13-16)37-25(24(34)35)10-12-36-21-4-2-1-3-18(21)25;/h1-8,13-14H,9-12H2,(H,32,33)(H,34,35);/q;+1/p-1. The van der Waals surface area contributed by atoms with Crippen molar-refractivity contribution in [1.82, 2.24) is 5.32 Å². The number of carbonyl (C=O) groups is 2. The van der Waals surface area contributed by atoms with Crippen molar-refractivity contribution in [2.75, 3.05) is 13.2 Å². The second kappa shape index (κ2) is 12.2. The summed E-state index contributed by atoms with van der Waals surface area (Å²) in [6, 6.07) is 14.0. The van der Waals surface area contributed by atoms with Gasteiger partial charge in [0.25, 0.3) is 5.91 Å². The zero-order chi connectivity index (χ0) is 26.8. The third-order valence-electron chi connectivity index (χ3n) is 5.90. The van der Waals surface area contributed by atoms with Gasteiger partial charge in [-0.1, -0.05) is 47.5 Å². The molecule has 0 bridgehead atoms. The third kappa shape index (κ3) is 6.40. The van der Waals surface area contributed by atoms with Crippen LogP contribution in [0.2, 0.25) is 10.0 Å². The van der Waals surface area contributed by atoms with Gasteiger partial charge in [0, 0.05) is 29.1 Å². The molecule has 1 atom stereocenters. The van der Waals surface area contributed by atoms with E-state index in [2.05, 4.69) is 5.32 Å². The Balaban J connectivity index is 0.00000400. The number of carboxylic acids is 1. The topological polar surface area (TPSA) is 87.7 Å². The molecule has 1 heterocycles. The van der Waals surface area contributed by atoms with Gasteiger partial charge in [-0.3, -0.25) is 4.79 Å². The number of carboxylic acid groups (broad SMARTS) is 1. The largest absolute Gasteiger partial charge is 1.00 e. The molecule has 0 saturated carbocycles. The van der Waals surface area contributed by atoms with Crippen molar-refractivity contribution < 1.29 is 66.9 Å². The van der Waals surface area contributed by atoms with E-state index in [1.807, 2.05) is 0 Å². The van der Waals surface area contributed by atoms with Crippen molar-refractivity contribution in [2.24, 2.45) is 0 Å². The molecule has 6 nitrogen and oxygen atoms in total. The van der Waals surface area contributed by atoms with Gasteiger partial charge >= 0.3 is 35.7 Å². The van der Waals surface area contributed by atoms with E-state index in [0.717, 1.165) is 6.07 Å². The smallest absolute Gasteiger partial charge is 0.545 e. The van der Waals surface area contributed by atoms with Crippen LogP contribution in [0.25, 0.3) is 0 Å². The first-order valence-electron chi connectivity index (χ1n) is 11.1. The fraction of sp³-hybridized carbons (Fsp3) is 0.231. The maximum Gasteiger partial charge on any atom is 1.00 e. The van der Waals surface area contributed by atoms with Crippen molar-refractivity contribution in [2.45, 2.75) is 24.6 Å². The maximum atomic E-state index is 13.3. The summed E-state index contributed by atoms with van der Waals surface area (Å²) in [5, 5.41) is 14.7. The number of alkyl halides is 3. The van der Waals surface area contributed by atoms with Crippen LogP contribution < -0.4 is 49.5 Å². The third-order valence-corrected chi connectivity index (χ3v) is 6.43. The van der Waals surface area contributed by atoms with E-state index in [4.69, 9.17) is 32.7 Å². The summed E-state index contributed by atoms with van der Waals surface area (Å²) in [6.45, 7) is -0.00320. The molecule has 194 valence electrons. The summed E-state index contributed by atoms with van der Waals surface area (Å²) < 4.78 is 51.2. The molecular weight excluding hydrogens is 557 g/mol. The minimum Gasteiger partial charge on any atom is -0.545 e. The molecule has 1 amide bonds. The monoisotopic (exact) mass is 575 g/mol. The molecule has 3 aromatic carbocycles. The Morgan fingerprint density at radius 1 is 1.08 bits per heavy atom. The molecule has 38 heavy (non-hydrogen) atoms. The molecule has 0 aliphatic carbocycles. The molecule has 1 unspecified atom stereocenters. The number of hydrogen-bond donors (Lipinski definition) is 1. The number of aliphatic carboxylic acids is 1. The molecule has 4 rings (SSSR count). The van der Waals surface area contributed by atoms with E-state index in [1.165, 1.54) is 30.3 Å². The first-order valence-corrected chi connectivity index (χ1v) is 11.8. The van der Waals surface area contributed by atoms with Crippen LogP contribution in [-0.2, 0) is 23.0 Å². The SMILES string of the molecule is O=C(NCCc1ccc(Cl)cc1C(F)(F)F)c1ccc(OC2(C(=O)[O-])CCOc3ccccc32)c(Cl)c1.[Na+]. The number of nitrogens with one attached hydrogen (secondary N) is 1. The Hall–Kier alpha value is -2.43. The molecule has 3 aromatic rings. The molecule has 0 fully saturated rings. The summed E-state index contributed by atoms with van der Waals surface area (Å²) in [6.07, 6.45) is -4.70. The number of halogens is 5. The van der Waals surface area contributed by atoms with Gasteiger partial charge in [-0.25, -0.2) is 0 Å². The number of fused-ring (bicyclic) bond motifs is 1. The molecule has 1 N–H and O–H groups in total. The number of hydrogen-bond acceptors (Lipinski definition) is 5. The van der Waals surface area contributed by atoms with Crippen LogP contribution in [0.1, 0.15) is 33.5 Å². The Labute approximate surface area is 248 Å². The van der Waals surface area contributed by atoms with Gasteiger partial charge < -0.3 is 24.7 Å². The average Bonchev–Trinajstić information content (AvgIpc) is 2.85. The quantitative estimate of drug-likeness (QED) is 0.434. The number of carbonyl (C=O) groups excluding carboxylic acids is 2. The van der Waals surface area contributed by atoms with E-state index < -0.39 is 29.2 Å². The van der Waals surface area contributed by atoms with Crippen LogP contribution in [0.5, 0.6) is 11.5 Å². The van der Waals surface area contributed by atoms with Crippen LogP contribution in [0.4, 0.5) is 13.2 Å². The minimum atomic E-state index is -4.58. The summed E-state index contributed by atoms with van der Waals surface area (Å²) in [5.74, 6) is -1.70. The van der Waals surface area contributed by atoms with Crippen LogP contribution in [0.3, 0.4) is 0 Å². The molecule has 1 aliphatic heterocycles. The number of benzene rings is 3. The van der Waals surface area contributed by atoms with Gasteiger partial charge in [0.1, 0.15) is 11.5 Å². The van der Waals surface area contributed by atoms with Crippen LogP contribution in [-0.4, -0.2) is 25.0 Å². The summed E-state index contributed by atoms with van der Waals surface area (Å²) in [4.78, 5) is 24.8. The van der Waals surface area contributed by atoms with Crippen LogP contribution in [0, 0.1) is 0 Å². The number of para-hydroxylation sites is 1. The minimum absolute atomic E-state index is 0. The number of amides is 1. The summed E-state index contributed by atoms with van der Waals surface area (Å²) >= 11 is 12.0. The Bertz CT molecular complexity index is 1350. The van der Waals surface area contributed by atoms with E-state index in [-0.39, 0.29) is 88.0 Å². The second-order valence-electron chi connectivity index (χ2n) is 8.26. The Kier molecular flexibility index (Phi) is 9.65. The van der Waals surface area contributed by atoms with Gasteiger partial charge in [-0.15, -0.1) is 0 Å². The first-order chi connectivity index (χ1) is 17.5. The van der Waals surface area contributed by atoms with E-state index in [0.29, 0.717) is 5.75 Å². The summed E-state index contributed by atoms with van der Waals surface area (Å²) in [5.41, 5.74) is -2.34. The Morgan fingerprint density at radius 2 is 1.82 bits per heavy atom. The average molecular weight is 576 g/mol. The fourth-order valence-corrected chi connectivity index (χ4v) is 4.47. The van der Waals surface area contributed by atoms with Crippen LogP contribution >= 0.6 is 23.2 Å². The van der Waals surface area contributed by atoms with Crippen molar-refractivity contribution >= 4 is 35.1 Å². The fourth-order valence-electron chi connectivity index (χ4n) is 4.08.